The first-order chi connectivity index (χ1) is 18.3. The lowest BCUT2D eigenvalue weighted by Crippen LogP contribution is -2.44. The maximum absolute atomic E-state index is 14.2. The van der Waals surface area contributed by atoms with Gasteiger partial charge in [-0.2, -0.15) is 4.31 Å². The molecular formula is C26H24F2N4O4S2. The molecule has 198 valence electrons. The van der Waals surface area contributed by atoms with E-state index in [1.807, 2.05) is 24.3 Å². The second-order valence-electron chi connectivity index (χ2n) is 8.83. The lowest BCUT2D eigenvalue weighted by molar-refractivity contribution is -0.123. The van der Waals surface area contributed by atoms with Gasteiger partial charge in [0.2, 0.25) is 15.9 Å². The van der Waals surface area contributed by atoms with Crippen molar-refractivity contribution in [1.29, 1.82) is 0 Å². The molecule has 2 aromatic heterocycles. The van der Waals surface area contributed by atoms with Gasteiger partial charge in [-0.05, 0) is 55.3 Å². The van der Waals surface area contributed by atoms with Crippen molar-refractivity contribution in [2.45, 2.75) is 24.3 Å². The maximum Gasteiger partial charge on any atom is 0.246 e. The van der Waals surface area contributed by atoms with Gasteiger partial charge in [-0.25, -0.2) is 22.2 Å². The minimum Gasteiger partial charge on any atom is -0.497 e. The third kappa shape index (κ3) is 5.24. The number of benzene rings is 2. The molecule has 2 aromatic carbocycles. The third-order valence-corrected chi connectivity index (χ3v) is 9.41. The second kappa shape index (κ2) is 10.7. The molecule has 38 heavy (non-hydrogen) atoms. The summed E-state index contributed by atoms with van der Waals surface area (Å²) in [5.41, 5.74) is 1.38. The molecule has 1 fully saturated rings. The van der Waals surface area contributed by atoms with Crippen molar-refractivity contribution in [2.24, 2.45) is 5.92 Å². The van der Waals surface area contributed by atoms with Crippen molar-refractivity contribution in [2.75, 3.05) is 25.1 Å². The Bertz CT molecular complexity index is 1570. The summed E-state index contributed by atoms with van der Waals surface area (Å²) < 4.78 is 61.1. The molecule has 0 N–H and O–H groups in total. The van der Waals surface area contributed by atoms with Crippen molar-refractivity contribution in [3.63, 3.8) is 0 Å². The third-order valence-electron chi connectivity index (χ3n) is 6.44. The highest BCUT2D eigenvalue weighted by molar-refractivity contribution is 7.89. The fourth-order valence-electron chi connectivity index (χ4n) is 4.41. The number of halogens is 2. The van der Waals surface area contributed by atoms with Crippen LogP contribution in [0.1, 0.15) is 18.5 Å². The molecule has 5 rings (SSSR count). The predicted molar refractivity (Wildman–Crippen MR) is 139 cm³/mol. The molecule has 0 saturated carbocycles. The van der Waals surface area contributed by atoms with Gasteiger partial charge in [0, 0.05) is 31.3 Å². The van der Waals surface area contributed by atoms with Crippen LogP contribution >= 0.6 is 11.3 Å². The minimum atomic E-state index is -4.25. The van der Waals surface area contributed by atoms with Gasteiger partial charge in [0.15, 0.2) is 5.13 Å². The zero-order chi connectivity index (χ0) is 26.9. The van der Waals surface area contributed by atoms with E-state index < -0.39 is 32.5 Å². The standard InChI is InChI=1S/C26H24F2N4O4S2/c1-36-20-6-8-23-22(15-20)30-26(37-23)32(16-19-4-2-3-11-29-19)25(33)17-9-12-31(13-10-17)38(34,35)24-14-18(27)5-7-21(24)28/h2-8,11,14-15,17H,9-10,12-13,16H2,1H3. The molecule has 3 heterocycles. The summed E-state index contributed by atoms with van der Waals surface area (Å²) in [5, 5.41) is 0.501. The smallest absolute Gasteiger partial charge is 0.246 e. The van der Waals surface area contributed by atoms with Crippen molar-refractivity contribution in [1.82, 2.24) is 14.3 Å². The Morgan fingerprint density at radius 2 is 1.92 bits per heavy atom. The highest BCUT2D eigenvalue weighted by Gasteiger charge is 2.36. The fourth-order valence-corrected chi connectivity index (χ4v) is 6.90. The Labute approximate surface area is 222 Å². The van der Waals surface area contributed by atoms with Gasteiger partial charge < -0.3 is 4.74 Å². The zero-order valence-electron chi connectivity index (χ0n) is 20.4. The van der Waals surface area contributed by atoms with E-state index in [9.17, 15) is 22.0 Å². The SMILES string of the molecule is COc1ccc2sc(N(Cc3ccccn3)C(=O)C3CCN(S(=O)(=O)c4cc(F)ccc4F)CC3)nc2c1. The molecule has 1 amide bonds. The summed E-state index contributed by atoms with van der Waals surface area (Å²) in [4.78, 5) is 23.7. The van der Waals surface area contributed by atoms with Crippen LogP contribution in [-0.4, -0.2) is 48.8 Å². The first kappa shape index (κ1) is 26.1. The monoisotopic (exact) mass is 558 g/mol. The number of aromatic nitrogens is 2. The number of sulfonamides is 1. The molecule has 0 aliphatic carbocycles. The zero-order valence-corrected chi connectivity index (χ0v) is 22.0. The first-order valence-electron chi connectivity index (χ1n) is 11.9. The van der Waals surface area contributed by atoms with Gasteiger partial charge in [0.1, 0.15) is 22.3 Å². The predicted octanol–water partition coefficient (Wildman–Crippen LogP) is 4.61. The van der Waals surface area contributed by atoms with Crippen LogP contribution in [0.15, 0.2) is 65.7 Å². The number of hydrogen-bond donors (Lipinski definition) is 0. The molecule has 0 spiro atoms. The summed E-state index contributed by atoms with van der Waals surface area (Å²) in [6, 6.07) is 13.3. The molecule has 0 unspecified atom stereocenters. The Hall–Kier alpha value is -3.48. The van der Waals surface area contributed by atoms with E-state index in [4.69, 9.17) is 4.74 Å². The van der Waals surface area contributed by atoms with Crippen LogP contribution in [0, 0.1) is 17.6 Å². The molecule has 1 aliphatic heterocycles. The quantitative estimate of drug-likeness (QED) is 0.329. The highest BCUT2D eigenvalue weighted by atomic mass is 32.2. The number of methoxy groups -OCH3 is 1. The van der Waals surface area contributed by atoms with Gasteiger partial charge in [0.05, 0.1) is 29.6 Å². The fraction of sp³-hybridized carbons (Fsp3) is 0.269. The highest BCUT2D eigenvalue weighted by Crippen LogP contribution is 2.34. The molecule has 0 atom stereocenters. The summed E-state index contributed by atoms with van der Waals surface area (Å²) in [5.74, 6) is -1.88. The molecule has 0 radical (unpaired) electrons. The summed E-state index contributed by atoms with van der Waals surface area (Å²) >= 11 is 1.37. The van der Waals surface area contributed by atoms with Crippen LogP contribution in [0.25, 0.3) is 10.2 Å². The summed E-state index contributed by atoms with van der Waals surface area (Å²) in [6.45, 7) is 0.204. The lowest BCUT2D eigenvalue weighted by Gasteiger charge is -2.33. The molecule has 1 aliphatic rings. The Morgan fingerprint density at radius 1 is 1.13 bits per heavy atom. The van der Waals surface area contributed by atoms with Crippen LogP contribution in [0.4, 0.5) is 13.9 Å². The van der Waals surface area contributed by atoms with E-state index in [0.29, 0.717) is 28.2 Å². The Kier molecular flexibility index (Phi) is 7.37. The van der Waals surface area contributed by atoms with Gasteiger partial charge in [-0.3, -0.25) is 14.7 Å². The number of anilines is 1. The Morgan fingerprint density at radius 3 is 2.63 bits per heavy atom. The number of ether oxygens (including phenoxy) is 1. The van der Waals surface area contributed by atoms with E-state index in [2.05, 4.69) is 9.97 Å². The molecule has 12 heteroatoms. The number of pyridine rings is 1. The average Bonchev–Trinajstić information content (AvgIpc) is 3.36. The Balaban J connectivity index is 1.38. The van der Waals surface area contributed by atoms with E-state index in [1.165, 1.54) is 11.3 Å². The van der Waals surface area contributed by atoms with Gasteiger partial charge in [-0.15, -0.1) is 0 Å². The number of carbonyl (C=O) groups excluding carboxylic acids is 1. The molecule has 1 saturated heterocycles. The molecular weight excluding hydrogens is 534 g/mol. The van der Waals surface area contributed by atoms with E-state index in [1.54, 1.807) is 30.3 Å². The van der Waals surface area contributed by atoms with Crippen molar-refractivity contribution >= 4 is 42.6 Å². The van der Waals surface area contributed by atoms with Crippen LogP contribution < -0.4 is 9.64 Å². The number of hydrogen-bond acceptors (Lipinski definition) is 7. The van der Waals surface area contributed by atoms with Crippen LogP contribution in [-0.2, 0) is 21.4 Å². The molecule has 0 bridgehead atoms. The summed E-state index contributed by atoms with van der Waals surface area (Å²) in [6.07, 6.45) is 2.11. The maximum atomic E-state index is 14.2. The average molecular weight is 559 g/mol. The van der Waals surface area contributed by atoms with Gasteiger partial charge >= 0.3 is 0 Å². The van der Waals surface area contributed by atoms with E-state index in [-0.39, 0.29) is 38.4 Å². The van der Waals surface area contributed by atoms with Crippen molar-refractivity contribution in [3.05, 3.63) is 78.1 Å². The van der Waals surface area contributed by atoms with E-state index >= 15 is 0 Å². The first-order valence-corrected chi connectivity index (χ1v) is 14.1. The number of carbonyl (C=O) groups is 1. The van der Waals surface area contributed by atoms with Crippen LogP contribution in [0.5, 0.6) is 5.75 Å². The van der Waals surface area contributed by atoms with Gasteiger partial charge in [-0.1, -0.05) is 17.4 Å². The number of nitrogens with zero attached hydrogens (tertiary/aromatic N) is 4. The molecule has 8 nitrogen and oxygen atoms in total. The lowest BCUT2D eigenvalue weighted by atomic mass is 9.96. The number of piperidine rings is 1. The van der Waals surface area contributed by atoms with E-state index in [0.717, 1.165) is 21.1 Å². The molecule has 4 aromatic rings. The van der Waals surface area contributed by atoms with Crippen molar-refractivity contribution in [3.8, 4) is 5.75 Å². The van der Waals surface area contributed by atoms with Crippen molar-refractivity contribution < 1.29 is 26.7 Å². The van der Waals surface area contributed by atoms with Crippen LogP contribution in [0.2, 0.25) is 0 Å². The normalized spacial score (nSPS) is 15.0. The number of fused-ring (bicyclic) bond motifs is 1. The van der Waals surface area contributed by atoms with Crippen LogP contribution in [0.3, 0.4) is 0 Å². The minimum absolute atomic E-state index is 0.00314. The number of amides is 1. The topological polar surface area (TPSA) is 92.7 Å². The number of thiazole rings is 1. The second-order valence-corrected chi connectivity index (χ2v) is 11.7. The largest absolute Gasteiger partial charge is 0.497 e. The number of rotatable bonds is 7. The van der Waals surface area contributed by atoms with Gasteiger partial charge in [0.25, 0.3) is 0 Å². The summed E-state index contributed by atoms with van der Waals surface area (Å²) in [7, 11) is -2.68.